The Labute approximate surface area is 103 Å². The molecular weight excluding hydrogens is 210 g/mol. The molecule has 1 N–H and O–H groups in total. The van der Waals surface area contributed by atoms with E-state index in [0.717, 1.165) is 24.7 Å². The second-order valence-electron chi connectivity index (χ2n) is 4.33. The van der Waals surface area contributed by atoms with Gasteiger partial charge >= 0.3 is 0 Å². The Balaban J connectivity index is 2.06. The molecule has 90 valence electrons. The third kappa shape index (κ3) is 2.87. The van der Waals surface area contributed by atoms with Crippen molar-refractivity contribution in [1.82, 2.24) is 9.55 Å². The molecular formula is C14H19N3. The second-order valence-corrected chi connectivity index (χ2v) is 4.33. The lowest BCUT2D eigenvalue weighted by Crippen LogP contribution is -2.06. The van der Waals surface area contributed by atoms with Gasteiger partial charge in [0.25, 0.3) is 0 Å². The van der Waals surface area contributed by atoms with E-state index < -0.39 is 0 Å². The number of imidazole rings is 1. The Kier molecular flexibility index (Phi) is 3.47. The van der Waals surface area contributed by atoms with E-state index in [1.54, 1.807) is 0 Å². The van der Waals surface area contributed by atoms with Gasteiger partial charge in [0.05, 0.1) is 5.69 Å². The fourth-order valence-corrected chi connectivity index (χ4v) is 1.93. The van der Waals surface area contributed by atoms with Crippen LogP contribution in [0.1, 0.15) is 23.7 Å². The molecule has 3 heteroatoms. The highest BCUT2D eigenvalue weighted by molar-refractivity contribution is 5.32. The van der Waals surface area contributed by atoms with Gasteiger partial charge < -0.3 is 9.88 Å². The molecule has 1 aromatic heterocycles. The molecule has 2 aromatic rings. The molecule has 0 spiro atoms. The molecule has 0 amide bonds. The normalized spacial score (nSPS) is 10.5. The maximum Gasteiger partial charge on any atom is 0.203 e. The summed E-state index contributed by atoms with van der Waals surface area (Å²) in [6.45, 7) is 8.01. The van der Waals surface area contributed by atoms with Crippen LogP contribution in [0.5, 0.6) is 0 Å². The van der Waals surface area contributed by atoms with Crippen LogP contribution in [-0.2, 0) is 13.1 Å². The van der Waals surface area contributed by atoms with Crippen molar-refractivity contribution in [1.29, 1.82) is 0 Å². The summed E-state index contributed by atoms with van der Waals surface area (Å²) in [6, 6.07) is 8.52. The van der Waals surface area contributed by atoms with Crippen LogP contribution in [-0.4, -0.2) is 9.55 Å². The predicted molar refractivity (Wildman–Crippen MR) is 71.1 cm³/mol. The standard InChI is InChI=1S/C14H19N3/c1-4-17-10-12(3)16-14(17)15-9-13-7-5-6-11(2)8-13/h5-8,10H,4,9H2,1-3H3,(H,15,16). The lowest BCUT2D eigenvalue weighted by Gasteiger charge is -2.08. The largest absolute Gasteiger partial charge is 0.352 e. The van der Waals surface area contributed by atoms with Crippen LogP contribution in [0.25, 0.3) is 0 Å². The van der Waals surface area contributed by atoms with Gasteiger partial charge in [-0.1, -0.05) is 29.8 Å². The lowest BCUT2D eigenvalue weighted by atomic mass is 10.1. The summed E-state index contributed by atoms with van der Waals surface area (Å²) in [6.07, 6.45) is 2.07. The molecule has 0 unspecified atom stereocenters. The summed E-state index contributed by atoms with van der Waals surface area (Å²) < 4.78 is 2.13. The smallest absolute Gasteiger partial charge is 0.203 e. The molecule has 0 bridgehead atoms. The molecule has 0 aliphatic heterocycles. The maximum absolute atomic E-state index is 4.47. The van der Waals surface area contributed by atoms with Gasteiger partial charge in [0.1, 0.15) is 0 Å². The number of hydrogen-bond acceptors (Lipinski definition) is 2. The van der Waals surface area contributed by atoms with E-state index in [4.69, 9.17) is 0 Å². The first-order valence-corrected chi connectivity index (χ1v) is 6.02. The van der Waals surface area contributed by atoms with Crippen LogP contribution >= 0.6 is 0 Å². The SMILES string of the molecule is CCn1cc(C)nc1NCc1cccc(C)c1. The number of aromatic nitrogens is 2. The van der Waals surface area contributed by atoms with E-state index in [2.05, 4.69) is 59.2 Å². The molecule has 0 radical (unpaired) electrons. The summed E-state index contributed by atoms with van der Waals surface area (Å²) in [5.41, 5.74) is 3.63. The van der Waals surface area contributed by atoms with Crippen molar-refractivity contribution in [3.63, 3.8) is 0 Å². The zero-order valence-electron chi connectivity index (χ0n) is 10.7. The summed E-state index contributed by atoms with van der Waals surface area (Å²) in [4.78, 5) is 4.47. The Bertz CT molecular complexity index is 500. The summed E-state index contributed by atoms with van der Waals surface area (Å²) in [7, 11) is 0. The molecule has 0 saturated heterocycles. The van der Waals surface area contributed by atoms with Gasteiger partial charge in [0.15, 0.2) is 0 Å². The van der Waals surface area contributed by atoms with E-state index in [1.807, 2.05) is 6.92 Å². The fourth-order valence-electron chi connectivity index (χ4n) is 1.93. The number of aryl methyl sites for hydroxylation is 3. The van der Waals surface area contributed by atoms with Gasteiger partial charge in [0, 0.05) is 19.3 Å². The third-order valence-corrected chi connectivity index (χ3v) is 2.77. The number of nitrogens with one attached hydrogen (secondary N) is 1. The predicted octanol–water partition coefficient (Wildman–Crippen LogP) is 3.13. The number of hydrogen-bond donors (Lipinski definition) is 1. The first-order valence-electron chi connectivity index (χ1n) is 6.02. The van der Waals surface area contributed by atoms with E-state index in [-0.39, 0.29) is 0 Å². The van der Waals surface area contributed by atoms with Crippen LogP contribution in [0.3, 0.4) is 0 Å². The first kappa shape index (κ1) is 11.7. The van der Waals surface area contributed by atoms with E-state index in [9.17, 15) is 0 Å². The first-order chi connectivity index (χ1) is 8.19. The number of rotatable bonds is 4. The third-order valence-electron chi connectivity index (χ3n) is 2.77. The van der Waals surface area contributed by atoms with Crippen LogP contribution in [0.15, 0.2) is 30.5 Å². The van der Waals surface area contributed by atoms with Gasteiger partial charge in [-0.25, -0.2) is 4.98 Å². The molecule has 0 atom stereocenters. The Hall–Kier alpha value is -1.77. The average molecular weight is 229 g/mol. The zero-order valence-corrected chi connectivity index (χ0v) is 10.7. The summed E-state index contributed by atoms with van der Waals surface area (Å²) in [5.74, 6) is 0.950. The van der Waals surface area contributed by atoms with Crippen LogP contribution in [0.4, 0.5) is 5.95 Å². The molecule has 0 fully saturated rings. The summed E-state index contributed by atoms with van der Waals surface area (Å²) >= 11 is 0. The van der Waals surface area contributed by atoms with Crippen molar-refractivity contribution in [2.45, 2.75) is 33.9 Å². The molecule has 1 aromatic carbocycles. The average Bonchev–Trinajstić information content (AvgIpc) is 2.67. The molecule has 2 rings (SSSR count). The van der Waals surface area contributed by atoms with Crippen molar-refractivity contribution in [2.24, 2.45) is 0 Å². The fraction of sp³-hybridized carbons (Fsp3) is 0.357. The zero-order chi connectivity index (χ0) is 12.3. The van der Waals surface area contributed by atoms with E-state index in [1.165, 1.54) is 11.1 Å². The number of nitrogens with zero attached hydrogens (tertiary/aromatic N) is 2. The van der Waals surface area contributed by atoms with Gasteiger partial charge in [0.2, 0.25) is 5.95 Å². The van der Waals surface area contributed by atoms with Crippen molar-refractivity contribution in [3.05, 3.63) is 47.3 Å². The quantitative estimate of drug-likeness (QED) is 0.873. The molecule has 1 heterocycles. The van der Waals surface area contributed by atoms with Crippen molar-refractivity contribution in [2.75, 3.05) is 5.32 Å². The molecule has 17 heavy (non-hydrogen) atoms. The van der Waals surface area contributed by atoms with Crippen LogP contribution in [0.2, 0.25) is 0 Å². The lowest BCUT2D eigenvalue weighted by molar-refractivity contribution is 0.762. The minimum absolute atomic E-state index is 0.818. The van der Waals surface area contributed by atoms with Gasteiger partial charge in [-0.15, -0.1) is 0 Å². The van der Waals surface area contributed by atoms with Crippen molar-refractivity contribution in [3.8, 4) is 0 Å². The Morgan fingerprint density at radius 2 is 2.12 bits per heavy atom. The summed E-state index contributed by atoms with van der Waals surface area (Å²) in [5, 5.41) is 3.38. The second kappa shape index (κ2) is 5.04. The number of anilines is 1. The molecule has 0 saturated carbocycles. The number of benzene rings is 1. The maximum atomic E-state index is 4.47. The van der Waals surface area contributed by atoms with Crippen molar-refractivity contribution >= 4 is 5.95 Å². The minimum Gasteiger partial charge on any atom is -0.352 e. The van der Waals surface area contributed by atoms with Gasteiger partial charge in [-0.3, -0.25) is 0 Å². The Morgan fingerprint density at radius 1 is 1.29 bits per heavy atom. The minimum atomic E-state index is 0.818. The molecule has 0 aliphatic carbocycles. The highest BCUT2D eigenvalue weighted by atomic mass is 15.2. The highest BCUT2D eigenvalue weighted by Crippen LogP contribution is 2.11. The van der Waals surface area contributed by atoms with Gasteiger partial charge in [-0.2, -0.15) is 0 Å². The highest BCUT2D eigenvalue weighted by Gasteiger charge is 2.03. The van der Waals surface area contributed by atoms with Crippen LogP contribution in [0, 0.1) is 13.8 Å². The van der Waals surface area contributed by atoms with E-state index in [0.29, 0.717) is 0 Å². The van der Waals surface area contributed by atoms with Gasteiger partial charge in [-0.05, 0) is 26.3 Å². The van der Waals surface area contributed by atoms with Crippen molar-refractivity contribution < 1.29 is 0 Å². The Morgan fingerprint density at radius 3 is 2.82 bits per heavy atom. The molecule has 3 nitrogen and oxygen atoms in total. The topological polar surface area (TPSA) is 29.9 Å². The van der Waals surface area contributed by atoms with E-state index >= 15 is 0 Å². The van der Waals surface area contributed by atoms with Crippen LogP contribution < -0.4 is 5.32 Å². The monoisotopic (exact) mass is 229 g/mol. The molecule has 0 aliphatic rings.